The maximum atomic E-state index is 12.3. The molecule has 0 unspecified atom stereocenters. The van der Waals surface area contributed by atoms with Crippen molar-refractivity contribution in [3.05, 3.63) is 35.9 Å². The van der Waals surface area contributed by atoms with E-state index in [1.807, 2.05) is 20.8 Å². The molecule has 1 heterocycles. The van der Waals surface area contributed by atoms with Crippen LogP contribution in [0.15, 0.2) is 30.9 Å². The number of nitrogens with zero attached hydrogens (tertiary/aromatic N) is 4. The second kappa shape index (κ2) is 8.29. The molecule has 0 bridgehead atoms. The van der Waals surface area contributed by atoms with Gasteiger partial charge < -0.3 is 10.6 Å². The predicted octanol–water partition coefficient (Wildman–Crippen LogP) is 1.71. The molecule has 0 aliphatic heterocycles. The van der Waals surface area contributed by atoms with E-state index in [4.69, 9.17) is 11.6 Å². The van der Waals surface area contributed by atoms with E-state index in [0.717, 1.165) is 0 Å². The Bertz CT molecular complexity index is 770. The van der Waals surface area contributed by atoms with Crippen LogP contribution in [0.5, 0.6) is 0 Å². The Kier molecular flexibility index (Phi) is 6.33. The summed E-state index contributed by atoms with van der Waals surface area (Å²) < 4.78 is 1.53. The molecule has 0 radical (unpaired) electrons. The van der Waals surface area contributed by atoms with E-state index in [2.05, 4.69) is 20.7 Å². The van der Waals surface area contributed by atoms with Crippen LogP contribution in [0, 0.1) is 0 Å². The zero-order valence-corrected chi connectivity index (χ0v) is 16.0. The Morgan fingerprint density at radius 2 is 1.92 bits per heavy atom. The molecule has 9 heteroatoms. The summed E-state index contributed by atoms with van der Waals surface area (Å²) >= 11 is 6.04. The minimum absolute atomic E-state index is 0.0564. The molecule has 2 amide bonds. The summed E-state index contributed by atoms with van der Waals surface area (Å²) in [7, 11) is 1.71. The van der Waals surface area contributed by atoms with Gasteiger partial charge in [-0.2, -0.15) is 5.10 Å². The van der Waals surface area contributed by atoms with Gasteiger partial charge in [-0.3, -0.25) is 14.5 Å². The molecule has 0 spiro atoms. The van der Waals surface area contributed by atoms with Crippen LogP contribution in [0.2, 0.25) is 5.02 Å². The third-order valence-corrected chi connectivity index (χ3v) is 3.47. The minimum Gasteiger partial charge on any atom is -0.350 e. The molecule has 2 aromatic rings. The van der Waals surface area contributed by atoms with Crippen molar-refractivity contribution in [1.82, 2.24) is 25.0 Å². The molecule has 0 fully saturated rings. The summed E-state index contributed by atoms with van der Waals surface area (Å²) in [6.45, 7) is 5.89. The monoisotopic (exact) mass is 378 g/mol. The number of rotatable bonds is 6. The first kappa shape index (κ1) is 19.9. The van der Waals surface area contributed by atoms with Crippen LogP contribution < -0.4 is 10.6 Å². The number of amides is 2. The number of hydrogen-bond acceptors (Lipinski definition) is 5. The first-order valence-corrected chi connectivity index (χ1v) is 8.46. The topological polar surface area (TPSA) is 92.2 Å². The normalized spacial score (nSPS) is 11.5. The molecule has 2 N–H and O–H groups in total. The molecule has 0 saturated carbocycles. The quantitative estimate of drug-likeness (QED) is 0.798. The molecule has 26 heavy (non-hydrogen) atoms. The lowest BCUT2D eigenvalue weighted by atomic mass is 10.1. The minimum atomic E-state index is -0.312. The van der Waals surface area contributed by atoms with Gasteiger partial charge in [-0.1, -0.05) is 11.6 Å². The highest BCUT2D eigenvalue weighted by Gasteiger charge is 2.17. The van der Waals surface area contributed by atoms with Crippen LogP contribution in [-0.4, -0.2) is 57.2 Å². The van der Waals surface area contributed by atoms with Crippen LogP contribution in [0.1, 0.15) is 20.8 Å². The Morgan fingerprint density at radius 1 is 1.23 bits per heavy atom. The lowest BCUT2D eigenvalue weighted by molar-refractivity contribution is -0.124. The number of anilines is 1. The maximum Gasteiger partial charge on any atom is 0.238 e. The van der Waals surface area contributed by atoms with E-state index in [0.29, 0.717) is 16.4 Å². The van der Waals surface area contributed by atoms with Crippen LogP contribution in [0.3, 0.4) is 0 Å². The van der Waals surface area contributed by atoms with Crippen molar-refractivity contribution < 1.29 is 9.59 Å². The van der Waals surface area contributed by atoms with E-state index >= 15 is 0 Å². The number of hydrogen-bond donors (Lipinski definition) is 2. The van der Waals surface area contributed by atoms with Crippen LogP contribution in [0.25, 0.3) is 5.69 Å². The summed E-state index contributed by atoms with van der Waals surface area (Å²) in [5.41, 5.74) is 0.849. The fraction of sp³-hybridized carbons (Fsp3) is 0.412. The number of halogens is 1. The number of carbonyl (C=O) groups excluding carboxylic acids is 2. The molecule has 0 saturated heterocycles. The average Bonchev–Trinajstić information content (AvgIpc) is 2.98. The number of carbonyl (C=O) groups is 2. The summed E-state index contributed by atoms with van der Waals surface area (Å²) in [5, 5.41) is 10.2. The second-order valence-corrected chi connectivity index (χ2v) is 7.46. The summed E-state index contributed by atoms with van der Waals surface area (Å²) in [6.07, 6.45) is 2.93. The SMILES string of the molecule is CN(CC(=O)Nc1cc(Cl)ccc1-n1cncn1)CC(=O)NC(C)(C)C. The van der Waals surface area contributed by atoms with Crippen molar-refractivity contribution in [3.63, 3.8) is 0 Å². The van der Waals surface area contributed by atoms with Crippen molar-refractivity contribution >= 4 is 29.1 Å². The molecule has 0 atom stereocenters. The smallest absolute Gasteiger partial charge is 0.238 e. The van der Waals surface area contributed by atoms with E-state index in [9.17, 15) is 9.59 Å². The maximum absolute atomic E-state index is 12.3. The van der Waals surface area contributed by atoms with Gasteiger partial charge in [0.2, 0.25) is 11.8 Å². The highest BCUT2D eigenvalue weighted by molar-refractivity contribution is 6.31. The Labute approximate surface area is 157 Å². The third-order valence-electron chi connectivity index (χ3n) is 3.24. The van der Waals surface area contributed by atoms with E-state index in [1.165, 1.54) is 17.3 Å². The van der Waals surface area contributed by atoms with Gasteiger partial charge in [-0.05, 0) is 46.0 Å². The van der Waals surface area contributed by atoms with Gasteiger partial charge in [0.05, 0.1) is 24.5 Å². The molecule has 0 aliphatic carbocycles. The van der Waals surface area contributed by atoms with Crippen molar-refractivity contribution in [3.8, 4) is 5.69 Å². The number of aromatic nitrogens is 3. The molecule has 2 rings (SSSR count). The number of likely N-dealkylation sites (N-methyl/N-ethyl adjacent to an activating group) is 1. The molecular formula is C17H23ClN6O2. The predicted molar refractivity (Wildman–Crippen MR) is 100 cm³/mol. The second-order valence-electron chi connectivity index (χ2n) is 7.02. The number of nitrogens with one attached hydrogen (secondary N) is 2. The molecule has 1 aromatic heterocycles. The summed E-state index contributed by atoms with van der Waals surface area (Å²) in [6, 6.07) is 5.09. The zero-order valence-electron chi connectivity index (χ0n) is 15.3. The first-order valence-electron chi connectivity index (χ1n) is 8.08. The van der Waals surface area contributed by atoms with Crippen molar-refractivity contribution in [2.75, 3.05) is 25.5 Å². The molecule has 140 valence electrons. The fourth-order valence-electron chi connectivity index (χ4n) is 2.33. The highest BCUT2D eigenvalue weighted by Crippen LogP contribution is 2.23. The Balaban J connectivity index is 2.00. The zero-order chi connectivity index (χ0) is 19.3. The highest BCUT2D eigenvalue weighted by atomic mass is 35.5. The average molecular weight is 379 g/mol. The van der Waals surface area contributed by atoms with E-state index < -0.39 is 0 Å². The first-order chi connectivity index (χ1) is 12.1. The van der Waals surface area contributed by atoms with Crippen molar-refractivity contribution in [1.29, 1.82) is 0 Å². The van der Waals surface area contributed by atoms with Crippen molar-refractivity contribution in [2.24, 2.45) is 0 Å². The Hall–Kier alpha value is -2.45. The van der Waals surface area contributed by atoms with Crippen molar-refractivity contribution in [2.45, 2.75) is 26.3 Å². The molecule has 0 aliphatic rings. The molecule has 8 nitrogen and oxygen atoms in total. The van der Waals surface area contributed by atoms with Gasteiger partial charge in [0, 0.05) is 10.6 Å². The largest absolute Gasteiger partial charge is 0.350 e. The fourth-order valence-corrected chi connectivity index (χ4v) is 2.51. The van der Waals surface area contributed by atoms with Gasteiger partial charge in [-0.25, -0.2) is 9.67 Å². The van der Waals surface area contributed by atoms with Gasteiger partial charge >= 0.3 is 0 Å². The Morgan fingerprint density at radius 3 is 2.54 bits per heavy atom. The molecular weight excluding hydrogens is 356 g/mol. The van der Waals surface area contributed by atoms with Gasteiger partial charge in [-0.15, -0.1) is 0 Å². The lowest BCUT2D eigenvalue weighted by Crippen LogP contribution is -2.46. The van der Waals surface area contributed by atoms with Gasteiger partial charge in [0.15, 0.2) is 0 Å². The summed E-state index contributed by atoms with van der Waals surface area (Å²) in [5.74, 6) is -0.404. The van der Waals surface area contributed by atoms with Crippen LogP contribution >= 0.6 is 11.6 Å². The van der Waals surface area contributed by atoms with Crippen LogP contribution in [0.4, 0.5) is 5.69 Å². The number of benzene rings is 1. The standard InChI is InChI=1S/C17H23ClN6O2/c1-17(2,3)22-16(26)9-23(4)8-15(25)21-13-7-12(18)5-6-14(13)24-11-19-10-20-24/h5-7,10-11H,8-9H2,1-4H3,(H,21,25)(H,22,26). The van der Waals surface area contributed by atoms with Crippen LogP contribution in [-0.2, 0) is 9.59 Å². The van der Waals surface area contributed by atoms with Gasteiger partial charge in [0.25, 0.3) is 0 Å². The lowest BCUT2D eigenvalue weighted by Gasteiger charge is -2.23. The van der Waals surface area contributed by atoms with Gasteiger partial charge in [0.1, 0.15) is 12.7 Å². The molecule has 1 aromatic carbocycles. The third kappa shape index (κ3) is 6.12. The summed E-state index contributed by atoms with van der Waals surface area (Å²) in [4.78, 5) is 29.8. The van der Waals surface area contributed by atoms with E-state index in [1.54, 1.807) is 30.1 Å². The van der Waals surface area contributed by atoms with E-state index in [-0.39, 0.29) is 30.4 Å².